The van der Waals surface area contributed by atoms with Gasteiger partial charge in [0.15, 0.2) is 0 Å². The monoisotopic (exact) mass is 326 g/mol. The van der Waals surface area contributed by atoms with Gasteiger partial charge >= 0.3 is 6.03 Å². The molecule has 0 bridgehead atoms. The molecule has 0 aliphatic carbocycles. The third-order valence-electron chi connectivity index (χ3n) is 3.87. The van der Waals surface area contributed by atoms with Crippen LogP contribution >= 0.6 is 11.6 Å². The first-order valence-corrected chi connectivity index (χ1v) is 7.97. The highest BCUT2D eigenvalue weighted by Gasteiger charge is 2.28. The molecule has 1 saturated heterocycles. The summed E-state index contributed by atoms with van der Waals surface area (Å²) in [5, 5.41) is 13.1. The van der Waals surface area contributed by atoms with Crippen LogP contribution in [0.3, 0.4) is 0 Å². The van der Waals surface area contributed by atoms with Gasteiger partial charge in [0.25, 0.3) is 0 Å². The van der Waals surface area contributed by atoms with Gasteiger partial charge < -0.3 is 20.1 Å². The van der Waals surface area contributed by atoms with Crippen LogP contribution in [0.25, 0.3) is 0 Å². The van der Waals surface area contributed by atoms with Gasteiger partial charge in [0.1, 0.15) is 0 Å². The van der Waals surface area contributed by atoms with Crippen LogP contribution in [0.5, 0.6) is 0 Å². The number of likely N-dealkylation sites (tertiary alicyclic amines) is 1. The summed E-state index contributed by atoms with van der Waals surface area (Å²) >= 11 is 5.90. The predicted molar refractivity (Wildman–Crippen MR) is 85.9 cm³/mol. The number of aliphatic hydroxyl groups excluding tert-OH is 1. The molecule has 5 nitrogen and oxygen atoms in total. The van der Waals surface area contributed by atoms with Crippen LogP contribution in [0.2, 0.25) is 5.02 Å². The van der Waals surface area contributed by atoms with E-state index in [4.69, 9.17) is 16.3 Å². The number of hydrogen-bond donors (Lipinski definition) is 2. The van der Waals surface area contributed by atoms with Crippen LogP contribution < -0.4 is 5.32 Å². The van der Waals surface area contributed by atoms with Gasteiger partial charge in [0.2, 0.25) is 0 Å². The Kier molecular flexibility index (Phi) is 6.49. The van der Waals surface area contributed by atoms with Gasteiger partial charge in [0, 0.05) is 30.6 Å². The molecule has 1 aromatic carbocycles. The van der Waals surface area contributed by atoms with Crippen molar-refractivity contribution in [1.29, 1.82) is 0 Å². The standard InChI is InChI=1S/C16H23ClN2O3/c1-12(20)14-5-7-19(10-14)16(21)18-6-8-22-11-13-3-2-4-15(17)9-13/h2-4,9,12,14,20H,5-8,10-11H2,1H3,(H,18,21)/t12-,14+/m0/s1. The molecule has 122 valence electrons. The van der Waals surface area contributed by atoms with Crippen molar-refractivity contribution in [2.75, 3.05) is 26.2 Å². The topological polar surface area (TPSA) is 61.8 Å². The highest BCUT2D eigenvalue weighted by atomic mass is 35.5. The number of benzene rings is 1. The van der Waals surface area contributed by atoms with E-state index in [1.54, 1.807) is 11.8 Å². The lowest BCUT2D eigenvalue weighted by Crippen LogP contribution is -2.40. The van der Waals surface area contributed by atoms with E-state index in [1.807, 2.05) is 24.3 Å². The number of ether oxygens (including phenoxy) is 1. The molecule has 0 unspecified atom stereocenters. The van der Waals surface area contributed by atoms with Crippen LogP contribution in [-0.2, 0) is 11.3 Å². The molecule has 1 aliphatic heterocycles. The van der Waals surface area contributed by atoms with Gasteiger partial charge in [0.05, 0.1) is 19.3 Å². The highest BCUT2D eigenvalue weighted by Crippen LogP contribution is 2.19. The summed E-state index contributed by atoms with van der Waals surface area (Å²) in [5.74, 6) is 0.185. The smallest absolute Gasteiger partial charge is 0.317 e. The van der Waals surface area contributed by atoms with E-state index in [1.165, 1.54) is 0 Å². The summed E-state index contributed by atoms with van der Waals surface area (Å²) < 4.78 is 5.52. The highest BCUT2D eigenvalue weighted by molar-refractivity contribution is 6.30. The first-order chi connectivity index (χ1) is 10.6. The number of urea groups is 1. The average Bonchev–Trinajstić information content (AvgIpc) is 2.97. The average molecular weight is 327 g/mol. The molecular formula is C16H23ClN2O3. The third kappa shape index (κ3) is 5.16. The van der Waals surface area contributed by atoms with Crippen LogP contribution in [0.1, 0.15) is 18.9 Å². The Bertz CT molecular complexity index is 496. The number of nitrogens with one attached hydrogen (secondary N) is 1. The normalized spacial score (nSPS) is 19.2. The lowest BCUT2D eigenvalue weighted by molar-refractivity contribution is 0.119. The van der Waals surface area contributed by atoms with Crippen LogP contribution in [-0.4, -0.2) is 48.4 Å². The van der Waals surface area contributed by atoms with Crippen molar-refractivity contribution < 1.29 is 14.6 Å². The minimum atomic E-state index is -0.362. The molecule has 2 N–H and O–H groups in total. The summed E-state index contributed by atoms with van der Waals surface area (Å²) in [7, 11) is 0. The van der Waals surface area contributed by atoms with Gasteiger partial charge in [-0.3, -0.25) is 0 Å². The Morgan fingerprint density at radius 1 is 1.59 bits per heavy atom. The molecule has 0 saturated carbocycles. The summed E-state index contributed by atoms with van der Waals surface area (Å²) in [4.78, 5) is 13.7. The number of nitrogens with zero attached hydrogens (tertiary/aromatic N) is 1. The molecule has 0 radical (unpaired) electrons. The molecular weight excluding hydrogens is 304 g/mol. The van der Waals surface area contributed by atoms with E-state index in [9.17, 15) is 9.90 Å². The van der Waals surface area contributed by atoms with E-state index in [0.29, 0.717) is 37.9 Å². The molecule has 1 aromatic rings. The van der Waals surface area contributed by atoms with E-state index in [0.717, 1.165) is 12.0 Å². The molecule has 0 spiro atoms. The third-order valence-corrected chi connectivity index (χ3v) is 4.11. The first-order valence-electron chi connectivity index (χ1n) is 7.59. The lowest BCUT2D eigenvalue weighted by Gasteiger charge is -2.18. The zero-order valence-corrected chi connectivity index (χ0v) is 13.6. The number of aliphatic hydroxyl groups is 1. The first kappa shape index (κ1) is 17.1. The molecule has 22 heavy (non-hydrogen) atoms. The Morgan fingerprint density at radius 2 is 2.41 bits per heavy atom. The van der Waals surface area contributed by atoms with Gasteiger partial charge in [-0.15, -0.1) is 0 Å². The van der Waals surface area contributed by atoms with E-state index in [-0.39, 0.29) is 18.1 Å². The van der Waals surface area contributed by atoms with Crippen LogP contribution in [0.4, 0.5) is 4.79 Å². The molecule has 0 aromatic heterocycles. The van der Waals surface area contributed by atoms with Gasteiger partial charge in [-0.05, 0) is 31.0 Å². The van der Waals surface area contributed by atoms with Crippen LogP contribution in [0, 0.1) is 5.92 Å². The second-order valence-electron chi connectivity index (χ2n) is 5.65. The Balaban J connectivity index is 1.60. The van der Waals surface area contributed by atoms with Crippen molar-refractivity contribution in [3.8, 4) is 0 Å². The lowest BCUT2D eigenvalue weighted by atomic mass is 10.0. The van der Waals surface area contributed by atoms with Gasteiger partial charge in [-0.1, -0.05) is 23.7 Å². The fourth-order valence-electron chi connectivity index (χ4n) is 2.52. The second-order valence-corrected chi connectivity index (χ2v) is 6.09. The second kappa shape index (κ2) is 8.36. The Hall–Kier alpha value is -1.30. The van der Waals surface area contributed by atoms with E-state index < -0.39 is 0 Å². The number of carbonyl (C=O) groups is 1. The number of halogens is 1. The molecule has 2 atom stereocenters. The maximum Gasteiger partial charge on any atom is 0.317 e. The van der Waals surface area contributed by atoms with Crippen molar-refractivity contribution in [2.45, 2.75) is 26.1 Å². The molecule has 1 heterocycles. The maximum absolute atomic E-state index is 12.0. The van der Waals surface area contributed by atoms with Crippen molar-refractivity contribution in [2.24, 2.45) is 5.92 Å². The maximum atomic E-state index is 12.0. The molecule has 6 heteroatoms. The van der Waals surface area contributed by atoms with Crippen molar-refractivity contribution in [3.63, 3.8) is 0 Å². The van der Waals surface area contributed by atoms with Crippen molar-refractivity contribution in [3.05, 3.63) is 34.9 Å². The fraction of sp³-hybridized carbons (Fsp3) is 0.562. The molecule has 1 aliphatic rings. The SMILES string of the molecule is C[C@H](O)[C@@H]1CCN(C(=O)NCCOCc2cccc(Cl)c2)C1. The molecule has 1 fully saturated rings. The van der Waals surface area contributed by atoms with E-state index >= 15 is 0 Å². The molecule has 2 amide bonds. The van der Waals surface area contributed by atoms with Gasteiger partial charge in [-0.2, -0.15) is 0 Å². The van der Waals surface area contributed by atoms with Crippen molar-refractivity contribution in [1.82, 2.24) is 10.2 Å². The zero-order chi connectivity index (χ0) is 15.9. The number of hydrogen-bond acceptors (Lipinski definition) is 3. The van der Waals surface area contributed by atoms with Gasteiger partial charge in [-0.25, -0.2) is 4.79 Å². The largest absolute Gasteiger partial charge is 0.393 e. The number of carbonyl (C=O) groups excluding carboxylic acids is 1. The van der Waals surface area contributed by atoms with E-state index in [2.05, 4.69) is 5.32 Å². The number of amides is 2. The number of rotatable bonds is 6. The minimum absolute atomic E-state index is 0.0884. The summed E-state index contributed by atoms with van der Waals surface area (Å²) in [5.41, 5.74) is 1.01. The zero-order valence-electron chi connectivity index (χ0n) is 12.8. The minimum Gasteiger partial charge on any atom is -0.393 e. The predicted octanol–water partition coefficient (Wildman–Crippen LogP) is 2.27. The van der Waals surface area contributed by atoms with Crippen LogP contribution in [0.15, 0.2) is 24.3 Å². The Labute approximate surface area is 136 Å². The summed E-state index contributed by atoms with van der Waals surface area (Å²) in [6.07, 6.45) is 0.495. The molecule has 2 rings (SSSR count). The summed E-state index contributed by atoms with van der Waals surface area (Å²) in [6, 6.07) is 7.43. The Morgan fingerprint density at radius 3 is 3.09 bits per heavy atom. The fourth-order valence-corrected chi connectivity index (χ4v) is 2.74. The van der Waals surface area contributed by atoms with Crippen molar-refractivity contribution >= 4 is 17.6 Å². The summed E-state index contributed by atoms with van der Waals surface area (Å²) in [6.45, 7) is 4.48. The quantitative estimate of drug-likeness (QED) is 0.788.